The summed E-state index contributed by atoms with van der Waals surface area (Å²) < 4.78 is 10.6. The average Bonchev–Trinajstić information content (AvgIpc) is 2.59. The fraction of sp³-hybridized carbons (Fsp3) is 0.294. The standard InChI is InChI=1S/C17H19N3O2/c1-21-15-6-7-16(22-2)14(10-15)4-3-9-19-17-8-5-13(11-18)12-20-17/h5-8,10,12H,3-4,9H2,1-2H3,(H,19,20). The Morgan fingerprint density at radius 2 is 2.05 bits per heavy atom. The van der Waals surface area contributed by atoms with Crippen LogP contribution in [-0.2, 0) is 6.42 Å². The molecule has 0 fully saturated rings. The maximum absolute atomic E-state index is 8.73. The molecule has 0 saturated heterocycles. The molecule has 1 aromatic carbocycles. The first-order valence-electron chi connectivity index (χ1n) is 7.07. The van der Waals surface area contributed by atoms with Gasteiger partial charge in [-0.15, -0.1) is 0 Å². The fourth-order valence-corrected chi connectivity index (χ4v) is 2.14. The lowest BCUT2D eigenvalue weighted by atomic mass is 10.1. The molecular weight excluding hydrogens is 278 g/mol. The summed E-state index contributed by atoms with van der Waals surface area (Å²) in [5.74, 6) is 2.48. The van der Waals surface area contributed by atoms with Crippen molar-refractivity contribution >= 4 is 5.82 Å². The zero-order valence-electron chi connectivity index (χ0n) is 12.8. The number of hydrogen-bond donors (Lipinski definition) is 1. The molecule has 1 heterocycles. The third-order valence-corrected chi connectivity index (χ3v) is 3.31. The van der Waals surface area contributed by atoms with Crippen LogP contribution in [0.3, 0.4) is 0 Å². The number of aromatic nitrogens is 1. The number of ether oxygens (including phenoxy) is 2. The van der Waals surface area contributed by atoms with Crippen molar-refractivity contribution in [2.24, 2.45) is 0 Å². The summed E-state index contributed by atoms with van der Waals surface area (Å²) >= 11 is 0. The second kappa shape index (κ2) is 7.89. The van der Waals surface area contributed by atoms with Gasteiger partial charge in [-0.25, -0.2) is 4.98 Å². The molecule has 5 nitrogen and oxygen atoms in total. The van der Waals surface area contributed by atoms with Crippen molar-refractivity contribution in [1.29, 1.82) is 5.26 Å². The summed E-state index contributed by atoms with van der Waals surface area (Å²) in [6.07, 6.45) is 3.38. The second-order valence-electron chi connectivity index (χ2n) is 4.75. The zero-order valence-corrected chi connectivity index (χ0v) is 12.8. The van der Waals surface area contributed by atoms with E-state index < -0.39 is 0 Å². The lowest BCUT2D eigenvalue weighted by Crippen LogP contribution is -2.05. The van der Waals surface area contributed by atoms with E-state index in [1.165, 1.54) is 0 Å². The number of anilines is 1. The molecule has 2 aromatic rings. The molecule has 5 heteroatoms. The van der Waals surface area contributed by atoms with Crippen molar-refractivity contribution in [3.8, 4) is 17.6 Å². The van der Waals surface area contributed by atoms with Crippen LogP contribution in [0.15, 0.2) is 36.5 Å². The smallest absolute Gasteiger partial charge is 0.125 e. The lowest BCUT2D eigenvalue weighted by Gasteiger charge is -2.11. The van der Waals surface area contributed by atoms with Crippen molar-refractivity contribution in [1.82, 2.24) is 4.98 Å². The predicted molar refractivity (Wildman–Crippen MR) is 85.3 cm³/mol. The van der Waals surface area contributed by atoms with E-state index in [-0.39, 0.29) is 0 Å². The van der Waals surface area contributed by atoms with E-state index in [9.17, 15) is 0 Å². The number of pyridine rings is 1. The molecule has 2 rings (SSSR count). The highest BCUT2D eigenvalue weighted by atomic mass is 16.5. The molecule has 0 amide bonds. The monoisotopic (exact) mass is 297 g/mol. The highest BCUT2D eigenvalue weighted by Gasteiger charge is 2.05. The van der Waals surface area contributed by atoms with E-state index in [0.29, 0.717) is 5.56 Å². The van der Waals surface area contributed by atoms with Crippen LogP contribution < -0.4 is 14.8 Å². The molecule has 0 saturated carbocycles. The molecular formula is C17H19N3O2. The number of benzene rings is 1. The van der Waals surface area contributed by atoms with Gasteiger partial charge in [-0.1, -0.05) is 0 Å². The molecule has 114 valence electrons. The third kappa shape index (κ3) is 4.13. The minimum Gasteiger partial charge on any atom is -0.497 e. The van der Waals surface area contributed by atoms with Gasteiger partial charge in [0.25, 0.3) is 0 Å². The van der Waals surface area contributed by atoms with Crippen LogP contribution in [0.4, 0.5) is 5.82 Å². The third-order valence-electron chi connectivity index (χ3n) is 3.31. The number of rotatable bonds is 7. The normalized spacial score (nSPS) is 9.86. The average molecular weight is 297 g/mol. The Hall–Kier alpha value is -2.74. The first-order chi connectivity index (χ1) is 10.8. The van der Waals surface area contributed by atoms with E-state index in [0.717, 1.165) is 42.3 Å². The molecule has 0 unspecified atom stereocenters. The Morgan fingerprint density at radius 3 is 2.68 bits per heavy atom. The molecule has 0 aliphatic rings. The van der Waals surface area contributed by atoms with E-state index in [1.54, 1.807) is 26.5 Å². The Labute approximate surface area is 130 Å². The van der Waals surface area contributed by atoms with Gasteiger partial charge in [0, 0.05) is 12.7 Å². The Kier molecular flexibility index (Phi) is 5.61. The highest BCUT2D eigenvalue weighted by molar-refractivity contribution is 5.41. The quantitative estimate of drug-likeness (QED) is 0.796. The first-order valence-corrected chi connectivity index (χ1v) is 7.07. The van der Waals surface area contributed by atoms with Crippen molar-refractivity contribution in [2.45, 2.75) is 12.8 Å². The molecule has 0 bridgehead atoms. The largest absolute Gasteiger partial charge is 0.497 e. The topological polar surface area (TPSA) is 67.2 Å². The number of hydrogen-bond acceptors (Lipinski definition) is 5. The number of nitrogens with zero attached hydrogens (tertiary/aromatic N) is 2. The molecule has 0 atom stereocenters. The predicted octanol–water partition coefficient (Wildman–Crippen LogP) is 3.02. The number of methoxy groups -OCH3 is 2. The van der Waals surface area contributed by atoms with Crippen LogP contribution in [-0.4, -0.2) is 25.7 Å². The van der Waals surface area contributed by atoms with Gasteiger partial charge in [0.15, 0.2) is 0 Å². The molecule has 0 radical (unpaired) electrons. The molecule has 1 aromatic heterocycles. The van der Waals surface area contributed by atoms with E-state index in [4.69, 9.17) is 14.7 Å². The van der Waals surface area contributed by atoms with Gasteiger partial charge in [-0.05, 0) is 48.7 Å². The van der Waals surface area contributed by atoms with Gasteiger partial charge >= 0.3 is 0 Å². The Bertz CT molecular complexity index is 648. The second-order valence-corrected chi connectivity index (χ2v) is 4.75. The van der Waals surface area contributed by atoms with Crippen molar-refractivity contribution in [3.05, 3.63) is 47.7 Å². The number of aryl methyl sites for hydroxylation is 1. The number of nitrogens with one attached hydrogen (secondary N) is 1. The van der Waals surface area contributed by atoms with Gasteiger partial charge in [0.1, 0.15) is 23.4 Å². The summed E-state index contributed by atoms with van der Waals surface area (Å²) in [6, 6.07) is 11.4. The van der Waals surface area contributed by atoms with Gasteiger partial charge < -0.3 is 14.8 Å². The van der Waals surface area contributed by atoms with Gasteiger partial charge in [0.05, 0.1) is 19.8 Å². The van der Waals surface area contributed by atoms with Crippen molar-refractivity contribution < 1.29 is 9.47 Å². The minimum atomic E-state index is 0.562. The van der Waals surface area contributed by atoms with Crippen LogP contribution >= 0.6 is 0 Å². The van der Waals surface area contributed by atoms with Crippen LogP contribution in [0.25, 0.3) is 0 Å². The summed E-state index contributed by atoms with van der Waals surface area (Å²) in [5, 5.41) is 12.0. The first kappa shape index (κ1) is 15.6. The Morgan fingerprint density at radius 1 is 1.18 bits per heavy atom. The van der Waals surface area contributed by atoms with Crippen LogP contribution in [0.1, 0.15) is 17.5 Å². The minimum absolute atomic E-state index is 0.562. The summed E-state index contributed by atoms with van der Waals surface area (Å²) in [7, 11) is 3.33. The highest BCUT2D eigenvalue weighted by Crippen LogP contribution is 2.25. The maximum Gasteiger partial charge on any atom is 0.125 e. The van der Waals surface area contributed by atoms with Crippen LogP contribution in [0.2, 0.25) is 0 Å². The number of nitriles is 1. The molecule has 0 aliphatic carbocycles. The van der Waals surface area contributed by atoms with Gasteiger partial charge in [-0.2, -0.15) is 5.26 Å². The van der Waals surface area contributed by atoms with Gasteiger partial charge in [-0.3, -0.25) is 0 Å². The zero-order chi connectivity index (χ0) is 15.8. The summed E-state index contributed by atoms with van der Waals surface area (Å²) in [6.45, 7) is 0.791. The van der Waals surface area contributed by atoms with E-state index in [2.05, 4.69) is 16.4 Å². The van der Waals surface area contributed by atoms with Crippen LogP contribution in [0.5, 0.6) is 11.5 Å². The van der Waals surface area contributed by atoms with Crippen molar-refractivity contribution in [2.75, 3.05) is 26.1 Å². The summed E-state index contributed by atoms with van der Waals surface area (Å²) in [4.78, 5) is 4.18. The summed E-state index contributed by atoms with van der Waals surface area (Å²) in [5.41, 5.74) is 1.68. The van der Waals surface area contributed by atoms with E-state index in [1.807, 2.05) is 24.3 Å². The van der Waals surface area contributed by atoms with Crippen molar-refractivity contribution in [3.63, 3.8) is 0 Å². The van der Waals surface area contributed by atoms with Crippen LogP contribution in [0, 0.1) is 11.3 Å². The lowest BCUT2D eigenvalue weighted by molar-refractivity contribution is 0.398. The maximum atomic E-state index is 8.73. The molecule has 22 heavy (non-hydrogen) atoms. The Balaban J connectivity index is 1.86. The van der Waals surface area contributed by atoms with E-state index >= 15 is 0 Å². The molecule has 0 spiro atoms. The fourth-order valence-electron chi connectivity index (χ4n) is 2.14. The molecule has 1 N–H and O–H groups in total. The van der Waals surface area contributed by atoms with Gasteiger partial charge in [0.2, 0.25) is 0 Å². The SMILES string of the molecule is COc1ccc(OC)c(CCCNc2ccc(C#N)cn2)c1. The molecule has 0 aliphatic heterocycles.